The molecule has 40 nitrogen and oxygen atoms in total. The fourth-order valence-electron chi connectivity index (χ4n) is 11.7. The number of aliphatic imine (C=N–C) groups is 3. The third-order valence-electron chi connectivity index (χ3n) is 17.6. The van der Waals surface area contributed by atoms with E-state index in [0.29, 0.717) is 65.0 Å². The van der Waals surface area contributed by atoms with Crippen LogP contribution in [0.3, 0.4) is 0 Å². The van der Waals surface area contributed by atoms with Gasteiger partial charge in [-0.2, -0.15) is 24.9 Å². The van der Waals surface area contributed by atoms with Crippen molar-refractivity contribution in [3.05, 3.63) is 72.1 Å². The van der Waals surface area contributed by atoms with Gasteiger partial charge in [0.25, 0.3) is 0 Å². The van der Waals surface area contributed by atoms with Crippen LogP contribution in [0.1, 0.15) is 128 Å². The van der Waals surface area contributed by atoms with E-state index in [9.17, 15) is 61.4 Å². The van der Waals surface area contributed by atoms with Crippen LogP contribution in [-0.4, -0.2) is 233 Å². The van der Waals surface area contributed by atoms with E-state index in [1.54, 1.807) is 81.0 Å². The highest BCUT2D eigenvalue weighted by atomic mass is 32.2. The number of halogens is 3. The molecule has 4 aromatic rings. The lowest BCUT2D eigenvalue weighted by molar-refractivity contribution is -0.192. The number of aliphatic carboxylic acids is 2. The van der Waals surface area contributed by atoms with E-state index in [1.807, 2.05) is 0 Å². The summed E-state index contributed by atoms with van der Waals surface area (Å²) in [6, 6.07) is 0.262. The predicted molar refractivity (Wildman–Crippen MR) is 430 cm³/mol. The standard InChI is InChI=1S/C70H113N25O13S.C2HF3O2/c1-39(2)33-53(59(100)86-38-57(97)98)93-62(103)48(21-9-11-28-72)88-60(101)47(20-8-10-27-71)89-65(106)52(26-32-109-3)92-61(102)50(23-14-31-83-70(79)80)90-66(107)54(34-40-36-84-45-18-6-4-15-42(40)45)95-64(105)51(24-25-56(74)96)91-67(108)55(35-41-37-85-46-19-7-5-16-43(41)46)94-63(104)49(22-13-30-82-69(77)78)87-58(99)44(73)17-12-29-81-68(75)76;3-2(4,5)1(6)7/h4-7,15-16,18-19,36-37,39,44,47-55,84-85H,8-14,17,20-35,38,71-73H2,1-3H3,(H2,74,96)(H,86,100)(H,87,99)(H,88,101)(H,89,106)(H,90,107)(H,91,108)(H,92,102)(H,93,103)(H,94,104)(H,95,105)(H,97,98)(H4,75,76,81)(H4,77,78,82)(H4,79,80,83);(H,6,7)/t44-,47-,48-,49-,50-,51-,52-,53-,54-,55-;/m0./s1. The van der Waals surface area contributed by atoms with Crippen molar-refractivity contribution in [1.82, 2.24) is 63.1 Å². The number of nitrogens with one attached hydrogen (secondary N) is 12. The Bertz CT molecular complexity index is 3980. The summed E-state index contributed by atoms with van der Waals surface area (Å²) in [5.41, 5.74) is 59.4. The molecule has 0 spiro atoms. The molecule has 44 heteroatoms. The molecule has 4 rings (SSSR count). The summed E-state index contributed by atoms with van der Waals surface area (Å²) in [6.07, 6.45) is 0.649. The van der Waals surface area contributed by atoms with Crippen molar-refractivity contribution in [1.29, 1.82) is 0 Å². The molecule has 0 unspecified atom stereocenters. The molecule has 0 aliphatic carbocycles. The SMILES string of the molecule is CSCC[C@H](NC(=O)[C@H](CCCN=C(N)N)NC(=O)[C@H](Cc1c[nH]c2ccccc12)NC(=O)[C@H](CCC(N)=O)NC(=O)[C@H](Cc1c[nH]c2ccccc12)NC(=O)[C@H](CCCN=C(N)N)NC(=O)[C@@H](N)CCCN=C(N)N)C(=O)N[C@@H](CCCCN)C(=O)N[C@@H](CCCCN)C(=O)N[C@@H](CC(C)C)C(=O)NCC(=O)O.O=C(O)C(F)(F)F. The number of nitrogens with zero attached hydrogens (tertiary/aromatic N) is 3. The van der Waals surface area contributed by atoms with Gasteiger partial charge in [-0.05, 0) is 151 Å². The maximum absolute atomic E-state index is 15.3. The summed E-state index contributed by atoms with van der Waals surface area (Å²) in [4.78, 5) is 196. The van der Waals surface area contributed by atoms with Crippen LogP contribution < -0.4 is 111 Å². The number of carbonyl (C=O) groups excluding carboxylic acids is 11. The Morgan fingerprint density at radius 1 is 0.448 bits per heavy atom. The molecular formula is C72H114F3N25O15S. The second kappa shape index (κ2) is 52.0. The first-order chi connectivity index (χ1) is 54.9. The molecule has 2 heterocycles. The molecule has 644 valence electrons. The number of benzene rings is 2. The van der Waals surface area contributed by atoms with Gasteiger partial charge < -0.3 is 131 Å². The van der Waals surface area contributed by atoms with Gasteiger partial charge in [0.15, 0.2) is 17.9 Å². The Balaban J connectivity index is 0.00000474. The zero-order valence-electron chi connectivity index (χ0n) is 65.2. The first-order valence-corrected chi connectivity index (χ1v) is 39.0. The van der Waals surface area contributed by atoms with Crippen LogP contribution in [0.2, 0.25) is 0 Å². The fraction of sp³-hybridized carbons (Fsp3) is 0.556. The highest BCUT2D eigenvalue weighted by Gasteiger charge is 2.39. The van der Waals surface area contributed by atoms with Crippen LogP contribution in [0.15, 0.2) is 75.9 Å². The van der Waals surface area contributed by atoms with Gasteiger partial charge in [0, 0.05) is 73.1 Å². The van der Waals surface area contributed by atoms with E-state index in [1.165, 1.54) is 11.8 Å². The number of alkyl halides is 3. The number of unbranched alkanes of at least 4 members (excludes halogenated alkanes) is 2. The van der Waals surface area contributed by atoms with Crippen molar-refractivity contribution in [2.45, 2.75) is 196 Å². The van der Waals surface area contributed by atoms with Gasteiger partial charge in [-0.25, -0.2) is 4.79 Å². The fourth-order valence-corrected chi connectivity index (χ4v) is 12.2. The monoisotopic (exact) mass is 1660 g/mol. The van der Waals surface area contributed by atoms with E-state index in [0.717, 1.165) is 0 Å². The molecule has 0 saturated carbocycles. The number of carboxylic acid groups (broad SMARTS) is 2. The molecule has 0 saturated heterocycles. The number of H-pyrrole nitrogens is 2. The van der Waals surface area contributed by atoms with Gasteiger partial charge in [0.1, 0.15) is 60.9 Å². The Labute approximate surface area is 672 Å². The number of rotatable bonds is 53. The maximum atomic E-state index is 15.3. The zero-order valence-corrected chi connectivity index (χ0v) is 66.0. The Hall–Kier alpha value is -11.5. The Morgan fingerprint density at radius 2 is 0.776 bits per heavy atom. The number of hydrogen-bond acceptors (Lipinski definition) is 20. The maximum Gasteiger partial charge on any atom is 0.490 e. The summed E-state index contributed by atoms with van der Waals surface area (Å²) in [5, 5.41) is 44.5. The van der Waals surface area contributed by atoms with Gasteiger partial charge in [0.05, 0.1) is 6.04 Å². The number of aromatic nitrogens is 2. The number of nitrogens with two attached hydrogens (primary N) is 10. The summed E-state index contributed by atoms with van der Waals surface area (Å²) in [6.45, 7) is 3.55. The number of hydrogen-bond donors (Lipinski definition) is 24. The van der Waals surface area contributed by atoms with Gasteiger partial charge in [-0.1, -0.05) is 50.2 Å². The molecule has 0 fully saturated rings. The van der Waals surface area contributed by atoms with Crippen molar-refractivity contribution in [2.75, 3.05) is 51.3 Å². The normalized spacial score (nSPS) is 13.7. The average molecular weight is 1660 g/mol. The largest absolute Gasteiger partial charge is 0.490 e. The topological polar surface area (TPSA) is 712 Å². The third kappa shape index (κ3) is 37.6. The van der Waals surface area contributed by atoms with Gasteiger partial charge >= 0.3 is 18.1 Å². The first kappa shape index (κ1) is 98.7. The molecule has 0 bridgehead atoms. The predicted octanol–water partition coefficient (Wildman–Crippen LogP) is -3.56. The molecule has 0 aliphatic heterocycles. The highest BCUT2D eigenvalue weighted by Crippen LogP contribution is 2.23. The summed E-state index contributed by atoms with van der Waals surface area (Å²) in [7, 11) is 0. The Morgan fingerprint density at radius 3 is 1.12 bits per heavy atom. The van der Waals surface area contributed by atoms with Crippen LogP contribution in [0.25, 0.3) is 21.8 Å². The van der Waals surface area contributed by atoms with Gasteiger partial charge in [0.2, 0.25) is 65.0 Å². The van der Waals surface area contributed by atoms with Crippen molar-refractivity contribution >= 4 is 128 Å². The van der Waals surface area contributed by atoms with Crippen molar-refractivity contribution in [3.63, 3.8) is 0 Å². The summed E-state index contributed by atoms with van der Waals surface area (Å²) < 4.78 is 31.7. The van der Waals surface area contributed by atoms with Crippen molar-refractivity contribution < 1.29 is 85.7 Å². The van der Waals surface area contributed by atoms with Gasteiger partial charge in [-0.15, -0.1) is 0 Å². The molecular weight excluding hydrogens is 1540 g/mol. The summed E-state index contributed by atoms with van der Waals surface area (Å²) in [5.74, 6) is -13.9. The molecule has 11 amide bonds. The molecule has 2 aromatic heterocycles. The number of carboxylic acids is 2. The lowest BCUT2D eigenvalue weighted by atomic mass is 10.0. The molecule has 0 radical (unpaired) electrons. The van der Waals surface area contributed by atoms with Crippen molar-refractivity contribution in [3.8, 4) is 0 Å². The second-order valence-electron chi connectivity index (χ2n) is 27.5. The number of aromatic amines is 2. The smallest absolute Gasteiger partial charge is 0.480 e. The van der Waals surface area contributed by atoms with Crippen LogP contribution in [0.4, 0.5) is 13.2 Å². The van der Waals surface area contributed by atoms with Crippen LogP contribution in [0.5, 0.6) is 0 Å². The highest BCUT2D eigenvalue weighted by molar-refractivity contribution is 7.98. The van der Waals surface area contributed by atoms with E-state index in [2.05, 4.69) is 78.1 Å². The molecule has 0 aliphatic rings. The number of primary amides is 1. The van der Waals surface area contributed by atoms with Crippen LogP contribution in [0, 0.1) is 5.92 Å². The van der Waals surface area contributed by atoms with E-state index in [-0.39, 0.29) is 133 Å². The van der Waals surface area contributed by atoms with E-state index >= 15 is 14.4 Å². The Kier molecular flexibility index (Phi) is 44.3. The average Bonchev–Trinajstić information content (AvgIpc) is 1.68. The number of thioether (sulfide) groups is 1. The molecule has 10 atom stereocenters. The lowest BCUT2D eigenvalue weighted by Crippen LogP contribution is -2.61. The summed E-state index contributed by atoms with van der Waals surface area (Å²) >= 11 is 1.34. The minimum atomic E-state index is -5.08. The van der Waals surface area contributed by atoms with E-state index in [4.69, 9.17) is 67.2 Å². The van der Waals surface area contributed by atoms with Crippen LogP contribution >= 0.6 is 11.8 Å². The minimum absolute atomic E-state index is 0.0114. The quantitative estimate of drug-likeness (QED) is 0.0116. The second-order valence-corrected chi connectivity index (χ2v) is 28.5. The van der Waals surface area contributed by atoms with E-state index < -0.39 is 163 Å². The van der Waals surface area contributed by atoms with Crippen LogP contribution in [-0.2, 0) is 75.2 Å². The van der Waals surface area contributed by atoms with Gasteiger partial charge in [-0.3, -0.25) is 72.5 Å². The number of guanidine groups is 3. The molecule has 34 N–H and O–H groups in total. The number of para-hydroxylation sites is 2. The minimum Gasteiger partial charge on any atom is -0.480 e. The number of fused-ring (bicyclic) bond motifs is 2. The zero-order chi connectivity index (χ0) is 86.6. The first-order valence-electron chi connectivity index (χ1n) is 37.6. The number of amides is 11. The third-order valence-corrected chi connectivity index (χ3v) is 18.3. The molecule has 2 aromatic carbocycles. The lowest BCUT2D eigenvalue weighted by Gasteiger charge is -2.28. The molecule has 116 heavy (non-hydrogen) atoms. The van der Waals surface area contributed by atoms with Crippen molar-refractivity contribution in [2.24, 2.45) is 78.2 Å². The number of carbonyl (C=O) groups is 13.